The lowest BCUT2D eigenvalue weighted by Gasteiger charge is -2.35. The van der Waals surface area contributed by atoms with Gasteiger partial charge in [0.2, 0.25) is 5.95 Å². The quantitative estimate of drug-likeness (QED) is 0.257. The van der Waals surface area contributed by atoms with E-state index in [1.165, 1.54) is 76.3 Å². The minimum absolute atomic E-state index is 0.287. The van der Waals surface area contributed by atoms with Gasteiger partial charge < -0.3 is 31.9 Å². The molecule has 214 valence electrons. The summed E-state index contributed by atoms with van der Waals surface area (Å²) in [6, 6.07) is 13.6. The predicted octanol–water partition coefficient (Wildman–Crippen LogP) is 4.33. The van der Waals surface area contributed by atoms with Gasteiger partial charge in [0.25, 0.3) is 0 Å². The van der Waals surface area contributed by atoms with E-state index in [2.05, 4.69) is 61.5 Å². The van der Waals surface area contributed by atoms with E-state index in [9.17, 15) is 0 Å². The Morgan fingerprint density at radius 1 is 0.897 bits per heavy atom. The molecule has 0 radical (unpaired) electrons. The third-order valence-corrected chi connectivity index (χ3v) is 8.95. The van der Waals surface area contributed by atoms with Crippen molar-refractivity contribution >= 4 is 17.6 Å². The van der Waals surface area contributed by atoms with Crippen molar-refractivity contribution in [3.8, 4) is 0 Å². The van der Waals surface area contributed by atoms with Crippen LogP contribution < -0.4 is 31.9 Å². The zero-order chi connectivity index (χ0) is 26.7. The van der Waals surface area contributed by atoms with Crippen LogP contribution in [0.2, 0.25) is 0 Å². The Bertz CT molecular complexity index is 972. The van der Waals surface area contributed by atoms with E-state index in [1.807, 2.05) is 6.07 Å². The highest BCUT2D eigenvalue weighted by Gasteiger charge is 2.24. The molecule has 1 unspecified atom stereocenters. The molecule has 2 heterocycles. The summed E-state index contributed by atoms with van der Waals surface area (Å²) in [5, 5.41) is 14.6. The number of anilines is 3. The van der Waals surface area contributed by atoms with Gasteiger partial charge in [0, 0.05) is 44.3 Å². The standard InChI is InChI=1S/C31H50N8/c32-29-20-30(39-19-18-35-28(23-39)26-8-3-1-4-9-26)38-31(37-29)36-22-25-14-12-24(13-15-25)21-33-16-7-17-34-27-10-5-2-6-11-27/h1,3-4,8-9,20,24-25,27-28,33-35H,2,5-7,10-19,21-23H2,(H3,32,36,37,38). The Morgan fingerprint density at radius 2 is 1.67 bits per heavy atom. The van der Waals surface area contributed by atoms with Crippen molar-refractivity contribution in [2.24, 2.45) is 11.8 Å². The normalized spacial score (nSPS) is 24.5. The number of rotatable bonds is 12. The second-order valence-corrected chi connectivity index (χ2v) is 12.0. The number of aromatic nitrogens is 2. The largest absolute Gasteiger partial charge is 0.383 e. The van der Waals surface area contributed by atoms with E-state index in [4.69, 9.17) is 10.7 Å². The lowest BCUT2D eigenvalue weighted by Crippen LogP contribution is -2.46. The monoisotopic (exact) mass is 534 g/mol. The maximum absolute atomic E-state index is 6.21. The Kier molecular flexibility index (Phi) is 10.7. The lowest BCUT2D eigenvalue weighted by atomic mass is 9.82. The highest BCUT2D eigenvalue weighted by molar-refractivity contribution is 5.52. The number of nitrogens with two attached hydrogens (primary N) is 1. The minimum Gasteiger partial charge on any atom is -0.383 e. The molecule has 8 heteroatoms. The number of nitrogen functional groups attached to an aromatic ring is 1. The first kappa shape index (κ1) is 28.1. The van der Waals surface area contributed by atoms with Crippen LogP contribution in [-0.2, 0) is 0 Å². The van der Waals surface area contributed by atoms with Gasteiger partial charge >= 0.3 is 0 Å². The first-order valence-electron chi connectivity index (χ1n) is 15.6. The SMILES string of the molecule is Nc1cc(N2CCNC(c3ccccc3)C2)nc(NCC2CCC(CNCCCNC3CCCCC3)CC2)n1. The predicted molar refractivity (Wildman–Crippen MR) is 162 cm³/mol. The van der Waals surface area contributed by atoms with Gasteiger partial charge in [-0.05, 0) is 82.0 Å². The summed E-state index contributed by atoms with van der Waals surface area (Å²) >= 11 is 0. The molecule has 39 heavy (non-hydrogen) atoms. The van der Waals surface area contributed by atoms with Gasteiger partial charge in [-0.3, -0.25) is 0 Å². The zero-order valence-corrected chi connectivity index (χ0v) is 23.7. The number of benzene rings is 1. The molecule has 0 amide bonds. The second kappa shape index (κ2) is 14.8. The molecule has 1 saturated heterocycles. The van der Waals surface area contributed by atoms with E-state index in [1.54, 1.807) is 0 Å². The molecule has 1 aromatic carbocycles. The van der Waals surface area contributed by atoms with Crippen LogP contribution in [0.5, 0.6) is 0 Å². The van der Waals surface area contributed by atoms with Gasteiger partial charge in [-0.15, -0.1) is 0 Å². The molecule has 2 aliphatic carbocycles. The first-order valence-corrected chi connectivity index (χ1v) is 15.6. The van der Waals surface area contributed by atoms with Gasteiger partial charge in [-0.1, -0.05) is 49.6 Å². The van der Waals surface area contributed by atoms with Crippen molar-refractivity contribution in [3.63, 3.8) is 0 Å². The van der Waals surface area contributed by atoms with Crippen LogP contribution in [0.4, 0.5) is 17.6 Å². The lowest BCUT2D eigenvalue weighted by molar-refractivity contribution is 0.275. The first-order chi connectivity index (χ1) is 19.2. The molecule has 8 nitrogen and oxygen atoms in total. The summed E-state index contributed by atoms with van der Waals surface area (Å²) in [4.78, 5) is 11.7. The minimum atomic E-state index is 0.287. The van der Waals surface area contributed by atoms with Crippen molar-refractivity contribution < 1.29 is 0 Å². The molecular formula is C31H50N8. The highest BCUT2D eigenvalue weighted by atomic mass is 15.3. The molecule has 3 fully saturated rings. The average Bonchev–Trinajstić information content (AvgIpc) is 2.99. The third-order valence-electron chi connectivity index (χ3n) is 8.95. The van der Waals surface area contributed by atoms with E-state index < -0.39 is 0 Å². The van der Waals surface area contributed by atoms with Gasteiger partial charge in [-0.25, -0.2) is 0 Å². The molecule has 1 aliphatic heterocycles. The molecule has 3 aliphatic rings. The fraction of sp³-hybridized carbons (Fsp3) is 0.677. The van der Waals surface area contributed by atoms with Crippen LogP contribution in [0.25, 0.3) is 0 Å². The second-order valence-electron chi connectivity index (χ2n) is 12.0. The molecule has 1 aromatic heterocycles. The van der Waals surface area contributed by atoms with Crippen LogP contribution in [-0.4, -0.2) is 61.8 Å². The maximum Gasteiger partial charge on any atom is 0.226 e. The fourth-order valence-electron chi connectivity index (χ4n) is 6.57. The van der Waals surface area contributed by atoms with Crippen molar-refractivity contribution in [1.29, 1.82) is 0 Å². The summed E-state index contributed by atoms with van der Waals surface area (Å²) < 4.78 is 0. The molecular weight excluding hydrogens is 484 g/mol. The van der Waals surface area contributed by atoms with E-state index in [-0.39, 0.29) is 6.04 Å². The topological polar surface area (TPSA) is 103 Å². The van der Waals surface area contributed by atoms with Crippen molar-refractivity contribution in [2.75, 3.05) is 61.8 Å². The highest BCUT2D eigenvalue weighted by Crippen LogP contribution is 2.29. The molecule has 1 atom stereocenters. The molecule has 6 N–H and O–H groups in total. The van der Waals surface area contributed by atoms with E-state index >= 15 is 0 Å². The molecule has 0 spiro atoms. The Morgan fingerprint density at radius 3 is 2.46 bits per heavy atom. The van der Waals surface area contributed by atoms with Crippen LogP contribution in [0.1, 0.15) is 75.8 Å². The Labute approximate surface area is 235 Å². The third kappa shape index (κ3) is 8.78. The summed E-state index contributed by atoms with van der Waals surface area (Å²) in [7, 11) is 0. The smallest absolute Gasteiger partial charge is 0.226 e. The average molecular weight is 535 g/mol. The van der Waals surface area contributed by atoms with Crippen LogP contribution in [0.15, 0.2) is 36.4 Å². The summed E-state index contributed by atoms with van der Waals surface area (Å²) in [6.07, 6.45) is 13.4. The van der Waals surface area contributed by atoms with Crippen LogP contribution >= 0.6 is 0 Å². The van der Waals surface area contributed by atoms with Gasteiger partial charge in [-0.2, -0.15) is 9.97 Å². The zero-order valence-electron chi connectivity index (χ0n) is 23.7. The number of hydrogen-bond donors (Lipinski definition) is 5. The van der Waals surface area contributed by atoms with Crippen molar-refractivity contribution in [3.05, 3.63) is 42.0 Å². The van der Waals surface area contributed by atoms with E-state index in [0.717, 1.165) is 57.0 Å². The summed E-state index contributed by atoms with van der Waals surface area (Å²) in [6.45, 7) is 7.08. The molecule has 2 saturated carbocycles. The summed E-state index contributed by atoms with van der Waals surface area (Å²) in [5.41, 5.74) is 7.51. The fourth-order valence-corrected chi connectivity index (χ4v) is 6.57. The van der Waals surface area contributed by atoms with Gasteiger partial charge in [0.15, 0.2) is 0 Å². The number of nitrogens with zero attached hydrogens (tertiary/aromatic N) is 3. The molecule has 2 aromatic rings. The number of nitrogens with one attached hydrogen (secondary N) is 4. The Hall–Kier alpha value is -2.42. The van der Waals surface area contributed by atoms with Gasteiger partial charge in [0.1, 0.15) is 11.6 Å². The van der Waals surface area contributed by atoms with Crippen LogP contribution in [0, 0.1) is 11.8 Å². The van der Waals surface area contributed by atoms with Crippen molar-refractivity contribution in [2.45, 2.75) is 76.3 Å². The number of piperazine rings is 1. The van der Waals surface area contributed by atoms with Crippen molar-refractivity contribution in [1.82, 2.24) is 25.9 Å². The van der Waals surface area contributed by atoms with Crippen LogP contribution in [0.3, 0.4) is 0 Å². The number of hydrogen-bond acceptors (Lipinski definition) is 8. The molecule has 5 rings (SSSR count). The van der Waals surface area contributed by atoms with Gasteiger partial charge in [0.05, 0.1) is 0 Å². The van der Waals surface area contributed by atoms with E-state index in [0.29, 0.717) is 17.7 Å². The molecule has 0 bridgehead atoms. The summed E-state index contributed by atoms with van der Waals surface area (Å²) in [5.74, 6) is 3.59. The Balaban J connectivity index is 0.994. The maximum atomic E-state index is 6.21.